The van der Waals surface area contributed by atoms with Gasteiger partial charge in [0.25, 0.3) is 0 Å². The molecule has 1 saturated heterocycles. The lowest BCUT2D eigenvalue weighted by Gasteiger charge is -2.43. The SMILES string of the molecule is C=CC(=O)N1CC(N(C)C(=O)Cn2cc(C)c3cc(Br)ccc32)C1.CC. The highest BCUT2D eigenvalue weighted by molar-refractivity contribution is 9.10. The van der Waals surface area contributed by atoms with Crippen LogP contribution in [0.5, 0.6) is 0 Å². The lowest BCUT2D eigenvalue weighted by Crippen LogP contribution is -2.61. The molecule has 0 N–H and O–H groups in total. The maximum Gasteiger partial charge on any atom is 0.246 e. The van der Waals surface area contributed by atoms with Crippen LogP contribution in [-0.2, 0) is 16.1 Å². The second-order valence-corrected chi connectivity index (χ2v) is 7.12. The van der Waals surface area contributed by atoms with E-state index in [0.717, 1.165) is 20.9 Å². The number of halogens is 1. The molecule has 26 heavy (non-hydrogen) atoms. The number of benzene rings is 1. The van der Waals surface area contributed by atoms with Crippen molar-refractivity contribution >= 4 is 38.6 Å². The van der Waals surface area contributed by atoms with E-state index in [1.165, 1.54) is 6.08 Å². The summed E-state index contributed by atoms with van der Waals surface area (Å²) in [6.07, 6.45) is 3.32. The molecule has 3 rings (SSSR count). The van der Waals surface area contributed by atoms with E-state index in [0.29, 0.717) is 19.6 Å². The maximum absolute atomic E-state index is 12.6. The van der Waals surface area contributed by atoms with Gasteiger partial charge in [0.2, 0.25) is 11.8 Å². The number of hydrogen-bond acceptors (Lipinski definition) is 2. The summed E-state index contributed by atoms with van der Waals surface area (Å²) >= 11 is 3.49. The van der Waals surface area contributed by atoms with Crippen LogP contribution in [0.3, 0.4) is 0 Å². The van der Waals surface area contributed by atoms with Crippen LogP contribution >= 0.6 is 15.9 Å². The molecule has 0 saturated carbocycles. The van der Waals surface area contributed by atoms with E-state index in [2.05, 4.69) is 28.6 Å². The number of aryl methyl sites for hydroxylation is 1. The minimum Gasteiger partial charge on any atom is -0.338 e. The minimum atomic E-state index is -0.0790. The number of amides is 2. The lowest BCUT2D eigenvalue weighted by atomic mass is 10.1. The Hall–Kier alpha value is -2.08. The maximum atomic E-state index is 12.6. The van der Waals surface area contributed by atoms with E-state index in [1.807, 2.05) is 43.7 Å². The quantitative estimate of drug-likeness (QED) is 0.710. The van der Waals surface area contributed by atoms with Crippen LogP contribution in [0.15, 0.2) is 41.5 Å². The van der Waals surface area contributed by atoms with E-state index in [-0.39, 0.29) is 17.9 Å². The summed E-state index contributed by atoms with van der Waals surface area (Å²) in [5.41, 5.74) is 2.20. The van der Waals surface area contributed by atoms with Gasteiger partial charge in [0.1, 0.15) is 6.54 Å². The zero-order valence-electron chi connectivity index (χ0n) is 15.8. The number of rotatable bonds is 4. The monoisotopic (exact) mass is 419 g/mol. The molecule has 1 aromatic heterocycles. The van der Waals surface area contributed by atoms with Gasteiger partial charge >= 0.3 is 0 Å². The Kier molecular flexibility index (Phi) is 6.64. The smallest absolute Gasteiger partial charge is 0.246 e. The summed E-state index contributed by atoms with van der Waals surface area (Å²) in [6, 6.07) is 6.16. The fourth-order valence-corrected chi connectivity index (χ4v) is 3.41. The lowest BCUT2D eigenvalue weighted by molar-refractivity contribution is -0.142. The van der Waals surface area contributed by atoms with Crippen molar-refractivity contribution in [3.05, 3.63) is 47.1 Å². The standard InChI is InChI=1S/C18H20BrN3O2.C2H6/c1-4-17(23)22-9-14(10-22)20(3)18(24)11-21-8-12(2)15-7-13(19)5-6-16(15)21;1-2/h4-8,14H,1,9-11H2,2-3H3;1-2H3. The first kappa shape index (κ1) is 20.2. The third kappa shape index (κ3) is 4.01. The average Bonchev–Trinajstić information content (AvgIpc) is 2.90. The van der Waals surface area contributed by atoms with Crippen LogP contribution in [0.25, 0.3) is 10.9 Å². The summed E-state index contributed by atoms with van der Waals surface area (Å²) in [5.74, 6) is -0.0322. The molecule has 0 radical (unpaired) electrons. The molecule has 6 heteroatoms. The van der Waals surface area contributed by atoms with Gasteiger partial charge in [0, 0.05) is 41.7 Å². The van der Waals surface area contributed by atoms with E-state index >= 15 is 0 Å². The van der Waals surface area contributed by atoms with E-state index in [1.54, 1.807) is 16.8 Å². The fraction of sp³-hybridized carbons (Fsp3) is 0.400. The van der Waals surface area contributed by atoms with E-state index < -0.39 is 0 Å². The van der Waals surface area contributed by atoms with Crippen LogP contribution in [0.2, 0.25) is 0 Å². The average molecular weight is 420 g/mol. The highest BCUT2D eigenvalue weighted by atomic mass is 79.9. The molecule has 1 aromatic carbocycles. The van der Waals surface area contributed by atoms with Gasteiger partial charge in [-0.05, 0) is 36.8 Å². The second kappa shape index (κ2) is 8.54. The molecule has 1 fully saturated rings. The van der Waals surface area contributed by atoms with Crippen molar-refractivity contribution in [3.63, 3.8) is 0 Å². The molecular weight excluding hydrogens is 394 g/mol. The number of carbonyl (C=O) groups excluding carboxylic acids is 2. The van der Waals surface area contributed by atoms with Gasteiger partial charge < -0.3 is 14.4 Å². The Labute approximate surface area is 163 Å². The van der Waals surface area contributed by atoms with Crippen LogP contribution in [0.1, 0.15) is 19.4 Å². The molecule has 2 aromatic rings. The predicted octanol–water partition coefficient (Wildman–Crippen LogP) is 3.59. The summed E-state index contributed by atoms with van der Waals surface area (Å²) in [7, 11) is 1.80. The molecule has 140 valence electrons. The first-order chi connectivity index (χ1) is 12.4. The van der Waals surface area contributed by atoms with E-state index in [4.69, 9.17) is 0 Å². The van der Waals surface area contributed by atoms with Crippen LogP contribution in [-0.4, -0.2) is 52.4 Å². The highest BCUT2D eigenvalue weighted by Crippen LogP contribution is 2.25. The second-order valence-electron chi connectivity index (χ2n) is 6.21. The first-order valence-electron chi connectivity index (χ1n) is 8.82. The topological polar surface area (TPSA) is 45.6 Å². The van der Waals surface area contributed by atoms with Gasteiger partial charge in [-0.15, -0.1) is 0 Å². The van der Waals surface area contributed by atoms with Crippen LogP contribution in [0, 0.1) is 6.92 Å². The summed E-state index contributed by atoms with van der Waals surface area (Å²) in [4.78, 5) is 27.5. The third-order valence-corrected chi connectivity index (χ3v) is 5.13. The van der Waals surface area contributed by atoms with Crippen molar-refractivity contribution in [3.8, 4) is 0 Å². The number of carbonyl (C=O) groups is 2. The van der Waals surface area contributed by atoms with Gasteiger partial charge in [0.05, 0.1) is 6.04 Å². The zero-order chi connectivity index (χ0) is 19.4. The van der Waals surface area contributed by atoms with Crippen molar-refractivity contribution in [2.24, 2.45) is 0 Å². The first-order valence-corrected chi connectivity index (χ1v) is 9.62. The number of hydrogen-bond donors (Lipinski definition) is 0. The zero-order valence-corrected chi connectivity index (χ0v) is 17.4. The van der Waals surface area contributed by atoms with Gasteiger partial charge in [-0.3, -0.25) is 9.59 Å². The van der Waals surface area contributed by atoms with Crippen molar-refractivity contribution in [2.45, 2.75) is 33.4 Å². The number of nitrogens with zero attached hydrogens (tertiary/aromatic N) is 3. The number of fused-ring (bicyclic) bond motifs is 1. The van der Waals surface area contributed by atoms with Crippen molar-refractivity contribution in [2.75, 3.05) is 20.1 Å². The third-order valence-electron chi connectivity index (χ3n) is 4.64. The molecule has 0 atom stereocenters. The molecule has 0 unspecified atom stereocenters. The number of likely N-dealkylation sites (tertiary alicyclic amines) is 1. The van der Waals surface area contributed by atoms with E-state index in [9.17, 15) is 9.59 Å². The van der Waals surface area contributed by atoms with Gasteiger partial charge in [-0.25, -0.2) is 0 Å². The van der Waals surface area contributed by atoms with Crippen molar-refractivity contribution in [1.29, 1.82) is 0 Å². The largest absolute Gasteiger partial charge is 0.338 e. The van der Waals surface area contributed by atoms with Crippen molar-refractivity contribution in [1.82, 2.24) is 14.4 Å². The highest BCUT2D eigenvalue weighted by Gasteiger charge is 2.34. The summed E-state index contributed by atoms with van der Waals surface area (Å²) < 4.78 is 3.02. The molecule has 2 heterocycles. The number of aromatic nitrogens is 1. The summed E-state index contributed by atoms with van der Waals surface area (Å²) in [5, 5.41) is 1.14. The minimum absolute atomic E-state index is 0.0468. The molecular formula is C20H26BrN3O2. The molecule has 0 aliphatic carbocycles. The molecule has 2 amide bonds. The fourth-order valence-electron chi connectivity index (χ4n) is 3.05. The van der Waals surface area contributed by atoms with Crippen LogP contribution in [0.4, 0.5) is 0 Å². The normalized spacial score (nSPS) is 13.7. The van der Waals surface area contributed by atoms with Crippen LogP contribution < -0.4 is 0 Å². The Balaban J connectivity index is 0.00000117. The Morgan fingerprint density at radius 1 is 1.35 bits per heavy atom. The molecule has 1 aliphatic heterocycles. The molecule has 1 aliphatic rings. The molecule has 0 spiro atoms. The van der Waals surface area contributed by atoms with Crippen molar-refractivity contribution < 1.29 is 9.59 Å². The molecule has 0 bridgehead atoms. The summed E-state index contributed by atoms with van der Waals surface area (Å²) in [6.45, 7) is 11.0. The number of likely N-dealkylation sites (N-methyl/N-ethyl adjacent to an activating group) is 1. The van der Waals surface area contributed by atoms with Gasteiger partial charge in [-0.1, -0.05) is 36.4 Å². The Morgan fingerprint density at radius 3 is 2.62 bits per heavy atom. The van der Waals surface area contributed by atoms with Gasteiger partial charge in [-0.2, -0.15) is 0 Å². The Morgan fingerprint density at radius 2 is 2.00 bits per heavy atom. The predicted molar refractivity (Wildman–Crippen MR) is 109 cm³/mol. The van der Waals surface area contributed by atoms with Gasteiger partial charge in [0.15, 0.2) is 0 Å². The molecule has 5 nitrogen and oxygen atoms in total. The Bertz CT molecular complexity index is 822.